The van der Waals surface area contributed by atoms with Crippen LogP contribution in [0.3, 0.4) is 0 Å². The number of methoxy groups -OCH3 is 1. The van der Waals surface area contributed by atoms with E-state index in [0.717, 1.165) is 31.0 Å². The summed E-state index contributed by atoms with van der Waals surface area (Å²) in [6.45, 7) is 3.93. The van der Waals surface area contributed by atoms with Crippen LogP contribution in [0, 0.1) is 0 Å². The first-order valence-corrected chi connectivity index (χ1v) is 8.70. The van der Waals surface area contributed by atoms with Crippen LogP contribution in [0.5, 0.6) is 0 Å². The van der Waals surface area contributed by atoms with Crippen molar-refractivity contribution in [3.05, 3.63) is 59.8 Å². The van der Waals surface area contributed by atoms with Crippen molar-refractivity contribution in [1.29, 1.82) is 0 Å². The van der Waals surface area contributed by atoms with Gasteiger partial charge in [0, 0.05) is 51.6 Å². The van der Waals surface area contributed by atoms with E-state index in [1.54, 1.807) is 7.11 Å². The zero-order chi connectivity index (χ0) is 16.8. The number of aromatic nitrogens is 1. The zero-order valence-corrected chi connectivity index (χ0v) is 14.7. The molecule has 1 aromatic carbocycles. The SMILES string of the molecule is COCc1cccnc1N(C)C1CCN(Cc2ccccc2)CC1. The maximum Gasteiger partial charge on any atom is 0.134 e. The molecule has 0 unspecified atom stereocenters. The molecule has 2 heterocycles. The fourth-order valence-corrected chi connectivity index (χ4v) is 3.50. The first-order chi connectivity index (χ1) is 11.8. The third-order valence-electron chi connectivity index (χ3n) is 4.86. The number of anilines is 1. The highest BCUT2D eigenvalue weighted by Gasteiger charge is 2.24. The second-order valence-electron chi connectivity index (χ2n) is 6.52. The lowest BCUT2D eigenvalue weighted by atomic mass is 10.0. The van der Waals surface area contributed by atoms with Gasteiger partial charge in [0.25, 0.3) is 0 Å². The number of hydrogen-bond acceptors (Lipinski definition) is 4. The second kappa shape index (κ2) is 8.27. The number of likely N-dealkylation sites (tertiary alicyclic amines) is 1. The van der Waals surface area contributed by atoms with Crippen molar-refractivity contribution < 1.29 is 4.74 Å². The summed E-state index contributed by atoms with van der Waals surface area (Å²) >= 11 is 0. The minimum atomic E-state index is 0.544. The third-order valence-corrected chi connectivity index (χ3v) is 4.86. The van der Waals surface area contributed by atoms with Gasteiger partial charge in [-0.05, 0) is 24.5 Å². The molecule has 0 atom stereocenters. The van der Waals surface area contributed by atoms with Gasteiger partial charge in [-0.3, -0.25) is 4.90 Å². The van der Waals surface area contributed by atoms with Gasteiger partial charge >= 0.3 is 0 Å². The Hall–Kier alpha value is -1.91. The number of hydrogen-bond donors (Lipinski definition) is 0. The molecule has 0 spiro atoms. The molecule has 0 N–H and O–H groups in total. The molecule has 0 bridgehead atoms. The van der Waals surface area contributed by atoms with Crippen molar-refractivity contribution >= 4 is 5.82 Å². The Morgan fingerprint density at radius 3 is 2.58 bits per heavy atom. The Balaban J connectivity index is 1.58. The summed E-state index contributed by atoms with van der Waals surface area (Å²) in [4.78, 5) is 9.48. The fraction of sp³-hybridized carbons (Fsp3) is 0.450. The molecule has 0 aliphatic carbocycles. The van der Waals surface area contributed by atoms with Crippen LogP contribution in [0.2, 0.25) is 0 Å². The van der Waals surface area contributed by atoms with Gasteiger partial charge < -0.3 is 9.64 Å². The summed E-state index contributed by atoms with van der Waals surface area (Å²) in [5, 5.41) is 0. The maximum atomic E-state index is 5.31. The van der Waals surface area contributed by atoms with E-state index in [4.69, 9.17) is 4.74 Å². The van der Waals surface area contributed by atoms with E-state index in [2.05, 4.69) is 58.2 Å². The fourth-order valence-electron chi connectivity index (χ4n) is 3.50. The van der Waals surface area contributed by atoms with Gasteiger partial charge in [0.1, 0.15) is 5.82 Å². The summed E-state index contributed by atoms with van der Waals surface area (Å²) < 4.78 is 5.31. The van der Waals surface area contributed by atoms with Crippen LogP contribution in [-0.2, 0) is 17.9 Å². The molecule has 1 fully saturated rings. The lowest BCUT2D eigenvalue weighted by Gasteiger charge is -2.37. The highest BCUT2D eigenvalue weighted by atomic mass is 16.5. The number of ether oxygens (including phenoxy) is 1. The number of nitrogens with zero attached hydrogens (tertiary/aromatic N) is 3. The summed E-state index contributed by atoms with van der Waals surface area (Å²) in [5.74, 6) is 1.06. The molecule has 128 valence electrons. The summed E-state index contributed by atoms with van der Waals surface area (Å²) in [7, 11) is 3.90. The minimum absolute atomic E-state index is 0.544. The van der Waals surface area contributed by atoms with Crippen molar-refractivity contribution in [3.8, 4) is 0 Å². The van der Waals surface area contributed by atoms with Gasteiger partial charge in [0.05, 0.1) is 6.61 Å². The van der Waals surface area contributed by atoms with Crippen molar-refractivity contribution in [2.45, 2.75) is 32.0 Å². The average molecular weight is 325 g/mol. The van der Waals surface area contributed by atoms with E-state index in [-0.39, 0.29) is 0 Å². The standard InChI is InChI=1S/C20H27N3O/c1-22(20-18(16-24-2)9-6-12-21-20)19-10-13-23(14-11-19)15-17-7-4-3-5-8-17/h3-9,12,19H,10-11,13-16H2,1-2H3. The van der Waals surface area contributed by atoms with Crippen molar-refractivity contribution in [3.63, 3.8) is 0 Å². The van der Waals surface area contributed by atoms with Crippen molar-refractivity contribution in [2.75, 3.05) is 32.1 Å². The molecule has 4 heteroatoms. The normalized spacial score (nSPS) is 16.2. The third kappa shape index (κ3) is 4.13. The summed E-state index contributed by atoms with van der Waals surface area (Å²) in [5.41, 5.74) is 2.56. The van der Waals surface area contributed by atoms with Gasteiger partial charge in [-0.1, -0.05) is 36.4 Å². The molecule has 0 amide bonds. The van der Waals surface area contributed by atoms with E-state index in [0.29, 0.717) is 12.6 Å². The number of rotatable bonds is 6. The van der Waals surface area contributed by atoms with Crippen LogP contribution in [0.25, 0.3) is 0 Å². The number of benzene rings is 1. The molecule has 0 saturated carbocycles. The average Bonchev–Trinajstić information content (AvgIpc) is 2.63. The maximum absolute atomic E-state index is 5.31. The Labute approximate surface area is 145 Å². The first-order valence-electron chi connectivity index (χ1n) is 8.70. The van der Waals surface area contributed by atoms with Gasteiger partial charge in [0.2, 0.25) is 0 Å². The summed E-state index contributed by atoms with van der Waals surface area (Å²) in [6, 6.07) is 15.4. The Kier molecular flexibility index (Phi) is 5.83. The molecule has 4 nitrogen and oxygen atoms in total. The predicted octanol–water partition coefficient (Wildman–Crippen LogP) is 3.33. The molecule has 1 aliphatic rings. The molecule has 1 saturated heterocycles. The van der Waals surface area contributed by atoms with Gasteiger partial charge in [-0.2, -0.15) is 0 Å². The molecule has 24 heavy (non-hydrogen) atoms. The lowest BCUT2D eigenvalue weighted by Crippen LogP contribution is -2.43. The number of pyridine rings is 1. The van der Waals surface area contributed by atoms with Gasteiger partial charge in [-0.15, -0.1) is 0 Å². The molecule has 0 radical (unpaired) electrons. The smallest absolute Gasteiger partial charge is 0.134 e. The molecule has 2 aromatic rings. The predicted molar refractivity (Wildman–Crippen MR) is 98.1 cm³/mol. The van der Waals surface area contributed by atoms with E-state index in [1.807, 2.05) is 12.3 Å². The number of piperidine rings is 1. The highest BCUT2D eigenvalue weighted by Crippen LogP contribution is 2.24. The van der Waals surface area contributed by atoms with Crippen LogP contribution in [0.4, 0.5) is 5.82 Å². The first kappa shape index (κ1) is 16.9. The van der Waals surface area contributed by atoms with Crippen LogP contribution < -0.4 is 4.90 Å². The highest BCUT2D eigenvalue weighted by molar-refractivity contribution is 5.46. The van der Waals surface area contributed by atoms with Gasteiger partial charge in [0.15, 0.2) is 0 Å². The van der Waals surface area contributed by atoms with Crippen LogP contribution >= 0.6 is 0 Å². The van der Waals surface area contributed by atoms with E-state index >= 15 is 0 Å². The minimum Gasteiger partial charge on any atom is -0.380 e. The Morgan fingerprint density at radius 2 is 1.88 bits per heavy atom. The Bertz CT molecular complexity index is 624. The topological polar surface area (TPSA) is 28.6 Å². The largest absolute Gasteiger partial charge is 0.380 e. The van der Waals surface area contributed by atoms with Gasteiger partial charge in [-0.25, -0.2) is 4.98 Å². The Morgan fingerprint density at radius 1 is 1.12 bits per heavy atom. The monoisotopic (exact) mass is 325 g/mol. The van der Waals surface area contributed by atoms with Crippen LogP contribution in [-0.4, -0.2) is 43.2 Å². The molecule has 3 rings (SSSR count). The van der Waals surface area contributed by atoms with E-state index < -0.39 is 0 Å². The molecular formula is C20H27N3O. The second-order valence-corrected chi connectivity index (χ2v) is 6.52. The van der Waals surface area contributed by atoms with Crippen molar-refractivity contribution in [1.82, 2.24) is 9.88 Å². The molecular weight excluding hydrogens is 298 g/mol. The van der Waals surface area contributed by atoms with Crippen molar-refractivity contribution in [2.24, 2.45) is 0 Å². The lowest BCUT2D eigenvalue weighted by molar-refractivity contribution is 0.183. The summed E-state index contributed by atoms with van der Waals surface area (Å²) in [6.07, 6.45) is 4.22. The van der Waals surface area contributed by atoms with Crippen LogP contribution in [0.15, 0.2) is 48.7 Å². The molecule has 1 aliphatic heterocycles. The quantitative estimate of drug-likeness (QED) is 0.814. The van der Waals surface area contributed by atoms with E-state index in [9.17, 15) is 0 Å². The van der Waals surface area contributed by atoms with E-state index in [1.165, 1.54) is 18.4 Å². The zero-order valence-electron chi connectivity index (χ0n) is 14.7. The van der Waals surface area contributed by atoms with Crippen LogP contribution in [0.1, 0.15) is 24.0 Å². The molecule has 1 aromatic heterocycles.